The van der Waals surface area contributed by atoms with E-state index < -0.39 is 0 Å². The summed E-state index contributed by atoms with van der Waals surface area (Å²) in [5.74, 6) is 0.953. The Kier molecular flexibility index (Phi) is 2.00. The highest BCUT2D eigenvalue weighted by Crippen LogP contribution is 2.12. The van der Waals surface area contributed by atoms with E-state index in [1.807, 2.05) is 0 Å². The fraction of sp³-hybridized carbons (Fsp3) is 0.167. The Hall–Kier alpha value is -1.65. The van der Waals surface area contributed by atoms with E-state index in [1.54, 1.807) is 13.2 Å². The van der Waals surface area contributed by atoms with Gasteiger partial charge in [-0.05, 0) is 6.72 Å². The molecule has 0 spiro atoms. The van der Waals surface area contributed by atoms with Gasteiger partial charge in [0.15, 0.2) is 5.82 Å². The smallest absolute Gasteiger partial charge is 0.158 e. The first-order chi connectivity index (χ1) is 5.29. The van der Waals surface area contributed by atoms with Gasteiger partial charge in [-0.1, -0.05) is 0 Å². The highest BCUT2D eigenvalue weighted by Gasteiger charge is 2.05. The van der Waals surface area contributed by atoms with Gasteiger partial charge < -0.3 is 5.73 Å². The van der Waals surface area contributed by atoms with Crippen molar-refractivity contribution in [3.63, 3.8) is 0 Å². The first-order valence-electron chi connectivity index (χ1n) is 3.02. The third kappa shape index (κ3) is 1.26. The second-order valence-electron chi connectivity index (χ2n) is 1.90. The molecule has 0 bridgehead atoms. The Morgan fingerprint density at radius 1 is 1.82 bits per heavy atom. The minimum absolute atomic E-state index is 0.404. The lowest BCUT2D eigenvalue weighted by molar-refractivity contribution is 1.08. The van der Waals surface area contributed by atoms with Crippen LogP contribution in [-0.2, 0) is 0 Å². The Morgan fingerprint density at radius 2 is 2.55 bits per heavy atom. The highest BCUT2D eigenvalue weighted by atomic mass is 15.2. The molecule has 0 aliphatic carbocycles. The van der Waals surface area contributed by atoms with Gasteiger partial charge in [0, 0.05) is 7.05 Å². The van der Waals surface area contributed by atoms with Crippen molar-refractivity contribution in [2.45, 2.75) is 0 Å². The second kappa shape index (κ2) is 2.96. The van der Waals surface area contributed by atoms with Crippen LogP contribution in [0.3, 0.4) is 0 Å². The van der Waals surface area contributed by atoms with Crippen molar-refractivity contribution in [1.82, 2.24) is 10.2 Å². The molecule has 0 aliphatic rings. The van der Waals surface area contributed by atoms with Gasteiger partial charge in [0.2, 0.25) is 0 Å². The summed E-state index contributed by atoms with van der Waals surface area (Å²) in [4.78, 5) is 7.46. The topological polar surface area (TPSA) is 79.4 Å². The minimum Gasteiger partial charge on any atom is -0.383 e. The van der Waals surface area contributed by atoms with Gasteiger partial charge >= 0.3 is 0 Å². The summed E-state index contributed by atoms with van der Waals surface area (Å²) in [6.07, 6.45) is 1.56. The Labute approximate surface area is 64.1 Å². The predicted molar refractivity (Wildman–Crippen MR) is 44.4 cm³/mol. The first-order valence-corrected chi connectivity index (χ1v) is 3.02. The summed E-state index contributed by atoms with van der Waals surface area (Å²) >= 11 is 0. The van der Waals surface area contributed by atoms with Crippen LogP contribution in [-0.4, -0.2) is 29.8 Å². The largest absolute Gasteiger partial charge is 0.383 e. The summed E-state index contributed by atoms with van der Waals surface area (Å²) < 4.78 is 0. The molecule has 0 unspecified atom stereocenters. The molecular weight excluding hydrogens is 142 g/mol. The average Bonchev–Trinajstić information content (AvgIpc) is 2.50. The molecule has 0 radical (unpaired) electrons. The zero-order valence-electron chi connectivity index (χ0n) is 6.20. The van der Waals surface area contributed by atoms with E-state index in [2.05, 4.69) is 26.9 Å². The maximum Gasteiger partial charge on any atom is 0.158 e. The Balaban J connectivity index is 3.12. The number of nitrogens with zero attached hydrogens (tertiary/aromatic N) is 3. The lowest BCUT2D eigenvalue weighted by atomic mass is 10.3. The monoisotopic (exact) mass is 151 g/mol. The van der Waals surface area contributed by atoms with Crippen LogP contribution in [0.1, 0.15) is 5.56 Å². The zero-order chi connectivity index (χ0) is 8.27. The van der Waals surface area contributed by atoms with Crippen molar-refractivity contribution in [3.05, 3.63) is 11.8 Å². The molecule has 0 saturated heterocycles. The third-order valence-electron chi connectivity index (χ3n) is 1.29. The highest BCUT2D eigenvalue weighted by molar-refractivity contribution is 6.00. The molecule has 58 valence electrons. The summed E-state index contributed by atoms with van der Waals surface area (Å²) in [5, 5.41) is 6.37. The molecular formula is C6H9N5. The fourth-order valence-electron chi connectivity index (χ4n) is 0.708. The lowest BCUT2D eigenvalue weighted by Gasteiger charge is -1.93. The SMILES string of the molecule is C=Nc1[nH]ncc1C(N)=NC. The van der Waals surface area contributed by atoms with Crippen LogP contribution >= 0.6 is 0 Å². The van der Waals surface area contributed by atoms with E-state index in [4.69, 9.17) is 5.73 Å². The molecule has 0 aromatic carbocycles. The molecule has 1 heterocycles. The molecule has 0 fully saturated rings. The number of rotatable bonds is 2. The van der Waals surface area contributed by atoms with Crippen molar-refractivity contribution in [2.24, 2.45) is 15.7 Å². The van der Waals surface area contributed by atoms with Crippen LogP contribution < -0.4 is 5.73 Å². The van der Waals surface area contributed by atoms with Crippen molar-refractivity contribution in [2.75, 3.05) is 7.05 Å². The molecule has 0 aliphatic heterocycles. The Bertz CT molecular complexity index is 285. The average molecular weight is 151 g/mol. The third-order valence-corrected chi connectivity index (χ3v) is 1.29. The van der Waals surface area contributed by atoms with Crippen LogP contribution in [0.2, 0.25) is 0 Å². The van der Waals surface area contributed by atoms with Gasteiger partial charge in [0.1, 0.15) is 5.84 Å². The van der Waals surface area contributed by atoms with E-state index in [1.165, 1.54) is 0 Å². The molecule has 3 N–H and O–H groups in total. The maximum atomic E-state index is 5.52. The van der Waals surface area contributed by atoms with Crippen molar-refractivity contribution >= 4 is 18.4 Å². The van der Waals surface area contributed by atoms with Crippen LogP contribution in [0.4, 0.5) is 5.82 Å². The minimum atomic E-state index is 0.404. The normalized spacial score (nSPS) is 11.5. The molecule has 0 atom stereocenters. The molecule has 0 amide bonds. The molecule has 1 aromatic rings. The summed E-state index contributed by atoms with van der Waals surface area (Å²) in [7, 11) is 1.61. The van der Waals surface area contributed by atoms with Crippen LogP contribution in [0.15, 0.2) is 16.2 Å². The number of nitrogens with two attached hydrogens (primary N) is 1. The van der Waals surface area contributed by atoms with E-state index in [0.717, 1.165) is 0 Å². The number of amidine groups is 1. The quantitative estimate of drug-likeness (QED) is 0.463. The van der Waals surface area contributed by atoms with Crippen molar-refractivity contribution < 1.29 is 0 Å². The van der Waals surface area contributed by atoms with Crippen LogP contribution in [0.25, 0.3) is 0 Å². The number of hydrogen-bond donors (Lipinski definition) is 2. The molecule has 11 heavy (non-hydrogen) atoms. The first kappa shape index (κ1) is 7.46. The summed E-state index contributed by atoms with van der Waals surface area (Å²) in [6.45, 7) is 3.35. The maximum absolute atomic E-state index is 5.52. The van der Waals surface area contributed by atoms with Crippen molar-refractivity contribution in [1.29, 1.82) is 0 Å². The standard InChI is InChI=1S/C6H9N5/c1-8-5(7)4-3-10-11-6(4)9-2/h3H,2H2,1H3,(H2,7,8)(H,10,11). The predicted octanol–water partition coefficient (Wildman–Crippen LogP) is 0.0769. The van der Waals surface area contributed by atoms with E-state index >= 15 is 0 Å². The molecule has 1 rings (SSSR count). The number of H-pyrrole nitrogens is 1. The Morgan fingerprint density at radius 3 is 3.09 bits per heavy atom. The number of nitrogens with one attached hydrogen (secondary N) is 1. The van der Waals surface area contributed by atoms with Crippen LogP contribution in [0, 0.1) is 0 Å². The van der Waals surface area contributed by atoms with E-state index in [9.17, 15) is 0 Å². The summed E-state index contributed by atoms with van der Waals surface area (Å²) in [6, 6.07) is 0. The van der Waals surface area contributed by atoms with Gasteiger partial charge in [-0.2, -0.15) is 5.10 Å². The van der Waals surface area contributed by atoms with Gasteiger partial charge in [-0.3, -0.25) is 10.1 Å². The zero-order valence-corrected chi connectivity index (χ0v) is 6.20. The summed E-state index contributed by atoms with van der Waals surface area (Å²) in [5.41, 5.74) is 6.20. The van der Waals surface area contributed by atoms with E-state index in [-0.39, 0.29) is 0 Å². The second-order valence-corrected chi connectivity index (χ2v) is 1.90. The molecule has 0 saturated carbocycles. The number of aliphatic imine (C=N–C) groups is 2. The van der Waals surface area contributed by atoms with Gasteiger partial charge in [0.05, 0.1) is 11.8 Å². The molecule has 5 heteroatoms. The number of aromatic nitrogens is 2. The lowest BCUT2D eigenvalue weighted by Crippen LogP contribution is -2.11. The fourth-order valence-corrected chi connectivity index (χ4v) is 0.708. The number of aromatic amines is 1. The molecule has 5 nitrogen and oxygen atoms in total. The van der Waals surface area contributed by atoms with Gasteiger partial charge in [0.25, 0.3) is 0 Å². The van der Waals surface area contributed by atoms with Gasteiger partial charge in [-0.15, -0.1) is 0 Å². The molecule has 1 aromatic heterocycles. The van der Waals surface area contributed by atoms with E-state index in [0.29, 0.717) is 17.2 Å². The van der Waals surface area contributed by atoms with Crippen molar-refractivity contribution in [3.8, 4) is 0 Å². The number of hydrogen-bond acceptors (Lipinski definition) is 3. The van der Waals surface area contributed by atoms with Crippen LogP contribution in [0.5, 0.6) is 0 Å². The van der Waals surface area contributed by atoms with Gasteiger partial charge in [-0.25, -0.2) is 4.99 Å².